The number of nitrogens with two attached hydrogens (primary N) is 1. The lowest BCUT2D eigenvalue weighted by Gasteiger charge is -2.28. The second-order valence-corrected chi connectivity index (χ2v) is 9.66. The summed E-state index contributed by atoms with van der Waals surface area (Å²) in [7, 11) is 0. The summed E-state index contributed by atoms with van der Waals surface area (Å²) in [6.45, 7) is 0. The van der Waals surface area contributed by atoms with Gasteiger partial charge in [0, 0.05) is 18.3 Å². The number of thiophene rings is 1. The largest absolute Gasteiger partial charge is 0.457 e. The van der Waals surface area contributed by atoms with E-state index < -0.39 is 0 Å². The minimum atomic E-state index is -0.341. The summed E-state index contributed by atoms with van der Waals surface area (Å²) in [5.41, 5.74) is 7.99. The molecule has 2 aromatic heterocycles. The second kappa shape index (κ2) is 8.68. The smallest absolute Gasteiger partial charge is 0.331 e. The van der Waals surface area contributed by atoms with E-state index in [4.69, 9.17) is 10.5 Å². The fourth-order valence-corrected chi connectivity index (χ4v) is 5.71. The number of nitrogens with one attached hydrogen (secondary N) is 2. The van der Waals surface area contributed by atoms with Gasteiger partial charge in [0.05, 0.1) is 22.4 Å². The molecule has 6 rings (SSSR count). The molecular weight excluding hydrogens is 462 g/mol. The molecule has 0 radical (unpaired) electrons. The second-order valence-electron chi connectivity index (χ2n) is 8.67. The van der Waals surface area contributed by atoms with E-state index in [0.29, 0.717) is 32.5 Å². The predicted molar refractivity (Wildman–Crippen MR) is 137 cm³/mol. The number of anilines is 3. The number of urea groups is 1. The van der Waals surface area contributed by atoms with Crippen LogP contribution in [0.15, 0.2) is 66.9 Å². The molecule has 1 saturated carbocycles. The minimum Gasteiger partial charge on any atom is -0.457 e. The van der Waals surface area contributed by atoms with Crippen LogP contribution < -0.4 is 26.0 Å². The Morgan fingerprint density at radius 3 is 2.60 bits per heavy atom. The Morgan fingerprint density at radius 1 is 1.09 bits per heavy atom. The number of amides is 3. The van der Waals surface area contributed by atoms with Crippen LogP contribution in [0.1, 0.15) is 28.9 Å². The van der Waals surface area contributed by atoms with Crippen molar-refractivity contribution in [2.45, 2.75) is 31.3 Å². The van der Waals surface area contributed by atoms with Crippen molar-refractivity contribution in [1.29, 1.82) is 0 Å². The van der Waals surface area contributed by atoms with Gasteiger partial charge < -0.3 is 21.1 Å². The standard InChI is InChI=1S/C26H23N5O3S/c27-18-7-4-8-19(18)29-24(32)23-22-21-20(13-14-28-25(21)35-23)31(26(33)30-22)15-9-11-17(12-10-15)34-16-5-2-1-3-6-16/h1-3,5-6,9-14,18-19H,4,7-8,27H2,(H,29,32)(H,30,33)/t18-,19-/m1/s1. The summed E-state index contributed by atoms with van der Waals surface area (Å²) < 4.78 is 5.87. The van der Waals surface area contributed by atoms with Gasteiger partial charge in [0.25, 0.3) is 5.91 Å². The number of benzene rings is 2. The molecule has 0 saturated heterocycles. The fraction of sp³-hybridized carbons (Fsp3) is 0.192. The molecule has 0 unspecified atom stereocenters. The van der Waals surface area contributed by atoms with Crippen molar-refractivity contribution >= 4 is 50.6 Å². The summed E-state index contributed by atoms with van der Waals surface area (Å²) in [5.74, 6) is 1.17. The average molecular weight is 486 g/mol. The van der Waals surface area contributed by atoms with Gasteiger partial charge >= 0.3 is 6.03 Å². The number of aromatic nitrogens is 1. The quantitative estimate of drug-likeness (QED) is 0.352. The van der Waals surface area contributed by atoms with Crippen molar-refractivity contribution in [1.82, 2.24) is 10.3 Å². The number of rotatable bonds is 5. The van der Waals surface area contributed by atoms with Gasteiger partial charge in [-0.15, -0.1) is 11.3 Å². The van der Waals surface area contributed by atoms with Gasteiger partial charge in [-0.25, -0.2) is 9.78 Å². The van der Waals surface area contributed by atoms with Crippen molar-refractivity contribution < 1.29 is 14.3 Å². The molecule has 3 amide bonds. The third-order valence-corrected chi connectivity index (χ3v) is 7.51. The highest BCUT2D eigenvalue weighted by Gasteiger charge is 2.34. The lowest BCUT2D eigenvalue weighted by molar-refractivity contribution is 0.0939. The molecule has 176 valence electrons. The maximum Gasteiger partial charge on any atom is 0.331 e. The van der Waals surface area contributed by atoms with E-state index in [-0.39, 0.29) is 24.0 Å². The fourth-order valence-electron chi connectivity index (χ4n) is 4.69. The third kappa shape index (κ3) is 3.88. The molecule has 1 aliphatic carbocycles. The highest BCUT2D eigenvalue weighted by molar-refractivity contribution is 7.21. The van der Waals surface area contributed by atoms with E-state index in [9.17, 15) is 9.59 Å². The molecule has 0 bridgehead atoms. The van der Waals surface area contributed by atoms with Crippen molar-refractivity contribution in [2.75, 3.05) is 10.2 Å². The molecule has 4 aromatic rings. The summed E-state index contributed by atoms with van der Waals surface area (Å²) in [6.07, 6.45) is 4.42. The van der Waals surface area contributed by atoms with Gasteiger partial charge in [0.15, 0.2) is 0 Å². The summed E-state index contributed by atoms with van der Waals surface area (Å²) >= 11 is 1.27. The number of pyridine rings is 1. The lowest BCUT2D eigenvalue weighted by Crippen LogP contribution is -2.44. The molecular formula is C26H23N5O3S. The van der Waals surface area contributed by atoms with Crippen LogP contribution in [0.25, 0.3) is 10.2 Å². The van der Waals surface area contributed by atoms with E-state index in [0.717, 1.165) is 30.4 Å². The Balaban J connectivity index is 1.32. The van der Waals surface area contributed by atoms with Gasteiger partial charge in [-0.05, 0) is 61.7 Å². The Bertz CT molecular complexity index is 1420. The van der Waals surface area contributed by atoms with Crippen molar-refractivity contribution in [2.24, 2.45) is 5.73 Å². The Morgan fingerprint density at radius 2 is 1.86 bits per heavy atom. The number of hydrogen-bond acceptors (Lipinski definition) is 6. The van der Waals surface area contributed by atoms with E-state index in [1.54, 1.807) is 17.2 Å². The van der Waals surface area contributed by atoms with Crippen LogP contribution in [-0.2, 0) is 0 Å². The number of ether oxygens (including phenoxy) is 1. The maximum atomic E-state index is 13.3. The molecule has 2 aliphatic rings. The number of carbonyl (C=O) groups excluding carboxylic acids is 2. The SMILES string of the molecule is N[C@@H]1CCC[C@H]1NC(=O)c1sc2nccc3c2c1NC(=O)N3c1ccc(Oc2ccccc2)cc1. The highest BCUT2D eigenvalue weighted by atomic mass is 32.1. The van der Waals surface area contributed by atoms with Gasteiger partial charge in [0.1, 0.15) is 21.2 Å². The first kappa shape index (κ1) is 21.6. The van der Waals surface area contributed by atoms with E-state index in [1.165, 1.54) is 11.3 Å². The topological polar surface area (TPSA) is 110 Å². The molecule has 1 aliphatic heterocycles. The molecule has 4 N–H and O–H groups in total. The van der Waals surface area contributed by atoms with Crippen LogP contribution >= 0.6 is 11.3 Å². The third-order valence-electron chi connectivity index (χ3n) is 6.41. The van der Waals surface area contributed by atoms with Crippen molar-refractivity contribution in [3.8, 4) is 11.5 Å². The normalized spacial score (nSPS) is 19.0. The van der Waals surface area contributed by atoms with Gasteiger partial charge in [-0.2, -0.15) is 0 Å². The first-order chi connectivity index (χ1) is 17.1. The minimum absolute atomic E-state index is 0.0442. The van der Waals surface area contributed by atoms with E-state index in [2.05, 4.69) is 15.6 Å². The van der Waals surface area contributed by atoms with Gasteiger partial charge in [-0.3, -0.25) is 9.69 Å². The molecule has 9 heteroatoms. The molecule has 2 atom stereocenters. The monoisotopic (exact) mass is 485 g/mol. The molecule has 0 spiro atoms. The number of para-hydroxylation sites is 1. The average Bonchev–Trinajstić information content (AvgIpc) is 3.44. The zero-order valence-electron chi connectivity index (χ0n) is 18.7. The van der Waals surface area contributed by atoms with Crippen LogP contribution in [0, 0.1) is 0 Å². The summed E-state index contributed by atoms with van der Waals surface area (Å²) in [5, 5.41) is 6.73. The Labute approximate surface area is 205 Å². The maximum absolute atomic E-state index is 13.3. The molecule has 35 heavy (non-hydrogen) atoms. The van der Waals surface area contributed by atoms with Crippen LogP contribution in [0.3, 0.4) is 0 Å². The molecule has 1 fully saturated rings. The van der Waals surface area contributed by atoms with Gasteiger partial charge in [0.2, 0.25) is 0 Å². The summed E-state index contributed by atoms with van der Waals surface area (Å²) in [4.78, 5) is 33.6. The predicted octanol–water partition coefficient (Wildman–Crippen LogP) is 5.38. The highest BCUT2D eigenvalue weighted by Crippen LogP contribution is 2.46. The number of nitrogens with zero attached hydrogens (tertiary/aromatic N) is 2. The van der Waals surface area contributed by atoms with Gasteiger partial charge in [-0.1, -0.05) is 18.2 Å². The van der Waals surface area contributed by atoms with Crippen molar-refractivity contribution in [3.63, 3.8) is 0 Å². The van der Waals surface area contributed by atoms with Crippen LogP contribution in [0.2, 0.25) is 0 Å². The van der Waals surface area contributed by atoms with Crippen molar-refractivity contribution in [3.05, 3.63) is 71.7 Å². The van der Waals surface area contributed by atoms with E-state index >= 15 is 0 Å². The lowest BCUT2D eigenvalue weighted by atomic mass is 10.1. The Hall–Kier alpha value is -3.95. The zero-order valence-corrected chi connectivity index (χ0v) is 19.5. The summed E-state index contributed by atoms with van der Waals surface area (Å²) in [6, 6.07) is 18.2. The molecule has 2 aromatic carbocycles. The first-order valence-electron chi connectivity index (χ1n) is 11.5. The molecule has 8 nitrogen and oxygen atoms in total. The first-order valence-corrected chi connectivity index (χ1v) is 12.3. The van der Waals surface area contributed by atoms with Crippen LogP contribution in [0.5, 0.6) is 11.5 Å². The zero-order chi connectivity index (χ0) is 23.9. The molecule has 3 heterocycles. The number of carbonyl (C=O) groups is 2. The van der Waals surface area contributed by atoms with Crippen LogP contribution in [0.4, 0.5) is 21.9 Å². The van der Waals surface area contributed by atoms with E-state index in [1.807, 2.05) is 54.6 Å². The van der Waals surface area contributed by atoms with Crippen LogP contribution in [-0.4, -0.2) is 29.0 Å². The Kier molecular flexibility index (Phi) is 5.35. The number of hydrogen-bond donors (Lipinski definition) is 3.